The largest absolute Gasteiger partial charge is 0.496 e. The van der Waals surface area contributed by atoms with E-state index in [-0.39, 0.29) is 11.6 Å². The minimum atomic E-state index is -0.168. The molecule has 5 aromatic rings. The minimum Gasteiger partial charge on any atom is -0.496 e. The number of para-hydroxylation sites is 1. The first-order valence-corrected chi connectivity index (χ1v) is 12.7. The SMILES string of the molecule is CC[C@H](c1nnnn1Cc1ccco1)N(Cc1ccccc1OC)Cc1cc2c(C)ccc(C)c2[nH]c1=O. The van der Waals surface area contributed by atoms with E-state index in [1.807, 2.05) is 55.5 Å². The monoisotopic (exact) mass is 512 g/mol. The fourth-order valence-electron chi connectivity index (χ4n) is 5.00. The van der Waals surface area contributed by atoms with E-state index in [0.717, 1.165) is 45.5 Å². The maximum Gasteiger partial charge on any atom is 0.252 e. The molecule has 1 atom stereocenters. The van der Waals surface area contributed by atoms with Crippen molar-refractivity contribution in [2.45, 2.75) is 52.9 Å². The third-order valence-corrected chi connectivity index (χ3v) is 7.03. The van der Waals surface area contributed by atoms with Gasteiger partial charge in [-0.1, -0.05) is 37.3 Å². The van der Waals surface area contributed by atoms with Crippen LogP contribution >= 0.6 is 0 Å². The van der Waals surface area contributed by atoms with Crippen LogP contribution in [0.5, 0.6) is 5.75 Å². The average molecular weight is 513 g/mol. The number of aryl methyl sites for hydroxylation is 2. The molecule has 3 heterocycles. The number of fused-ring (bicyclic) bond motifs is 1. The van der Waals surface area contributed by atoms with Crippen molar-refractivity contribution in [1.82, 2.24) is 30.1 Å². The van der Waals surface area contributed by atoms with Crippen LogP contribution in [-0.2, 0) is 19.6 Å². The molecule has 2 aromatic carbocycles. The molecule has 9 heteroatoms. The number of H-pyrrole nitrogens is 1. The van der Waals surface area contributed by atoms with Crippen molar-refractivity contribution in [3.8, 4) is 5.75 Å². The second-order valence-corrected chi connectivity index (χ2v) is 9.53. The normalized spacial score (nSPS) is 12.3. The van der Waals surface area contributed by atoms with E-state index in [1.54, 1.807) is 18.1 Å². The molecule has 0 saturated heterocycles. The molecule has 9 nitrogen and oxygen atoms in total. The highest BCUT2D eigenvalue weighted by Gasteiger charge is 2.27. The highest BCUT2D eigenvalue weighted by molar-refractivity contribution is 5.85. The Hall–Kier alpha value is -4.24. The van der Waals surface area contributed by atoms with Gasteiger partial charge in [0, 0.05) is 29.6 Å². The van der Waals surface area contributed by atoms with E-state index >= 15 is 0 Å². The molecule has 0 aliphatic carbocycles. The number of pyridine rings is 1. The summed E-state index contributed by atoms with van der Waals surface area (Å²) in [5.74, 6) is 2.27. The van der Waals surface area contributed by atoms with Gasteiger partial charge in [-0.2, -0.15) is 0 Å². The van der Waals surface area contributed by atoms with Crippen molar-refractivity contribution in [3.63, 3.8) is 0 Å². The van der Waals surface area contributed by atoms with E-state index in [2.05, 4.69) is 45.3 Å². The quantitative estimate of drug-likeness (QED) is 0.283. The molecule has 0 fully saturated rings. The number of methoxy groups -OCH3 is 1. The predicted octanol–water partition coefficient (Wildman–Crippen LogP) is 4.93. The zero-order chi connectivity index (χ0) is 26.6. The first-order chi connectivity index (χ1) is 18.5. The summed E-state index contributed by atoms with van der Waals surface area (Å²) in [5, 5.41) is 13.7. The summed E-state index contributed by atoms with van der Waals surface area (Å²) in [6, 6.07) is 17.7. The number of ether oxygens (including phenoxy) is 1. The Kier molecular flexibility index (Phi) is 7.37. The van der Waals surface area contributed by atoms with Crippen LogP contribution in [0, 0.1) is 13.8 Å². The third-order valence-electron chi connectivity index (χ3n) is 7.03. The number of hydrogen-bond acceptors (Lipinski definition) is 7. The second kappa shape index (κ2) is 11.0. The summed E-state index contributed by atoms with van der Waals surface area (Å²) < 4.78 is 13.0. The Labute approximate surface area is 221 Å². The molecule has 196 valence electrons. The van der Waals surface area contributed by atoms with Crippen molar-refractivity contribution in [3.05, 3.63) is 105 Å². The summed E-state index contributed by atoms with van der Waals surface area (Å²) in [5.41, 5.74) is 4.65. The topological polar surface area (TPSA) is 102 Å². The third kappa shape index (κ3) is 5.10. The van der Waals surface area contributed by atoms with Gasteiger partial charge in [0.1, 0.15) is 18.1 Å². The van der Waals surface area contributed by atoms with Gasteiger partial charge in [0.05, 0.1) is 24.9 Å². The van der Waals surface area contributed by atoms with Gasteiger partial charge in [-0.15, -0.1) is 5.10 Å². The number of aromatic nitrogens is 5. The van der Waals surface area contributed by atoms with E-state index in [9.17, 15) is 4.79 Å². The van der Waals surface area contributed by atoms with Crippen molar-refractivity contribution in [2.24, 2.45) is 0 Å². The summed E-state index contributed by atoms with van der Waals surface area (Å²) in [4.78, 5) is 18.7. The minimum absolute atomic E-state index is 0.0961. The lowest BCUT2D eigenvalue weighted by atomic mass is 10.0. The van der Waals surface area contributed by atoms with E-state index in [4.69, 9.17) is 9.15 Å². The Bertz CT molecular complexity index is 1590. The van der Waals surface area contributed by atoms with Gasteiger partial charge in [0.2, 0.25) is 0 Å². The Balaban J connectivity index is 1.57. The average Bonchev–Trinajstić information content (AvgIpc) is 3.61. The maximum atomic E-state index is 13.3. The standard InChI is InChI=1S/C29H32N6O3/c1-5-25(28-31-32-33-35(28)18-23-10-8-14-38-23)34(16-21-9-6-7-11-26(21)37-4)17-22-15-24-19(2)12-13-20(3)27(24)30-29(22)36/h6-15,25H,5,16-18H2,1-4H3,(H,30,36)/t25-/m1/s1. The second-order valence-electron chi connectivity index (χ2n) is 9.53. The molecule has 0 amide bonds. The number of furan rings is 1. The molecule has 0 spiro atoms. The zero-order valence-corrected chi connectivity index (χ0v) is 22.1. The fraction of sp³-hybridized carbons (Fsp3) is 0.310. The smallest absolute Gasteiger partial charge is 0.252 e. The molecule has 0 aliphatic rings. The van der Waals surface area contributed by atoms with Gasteiger partial charge in [-0.3, -0.25) is 9.69 Å². The van der Waals surface area contributed by atoms with Crippen LogP contribution in [0.1, 0.15) is 53.2 Å². The lowest BCUT2D eigenvalue weighted by Gasteiger charge is -2.30. The van der Waals surface area contributed by atoms with E-state index in [1.165, 1.54) is 0 Å². The molecule has 1 N–H and O–H groups in total. The Morgan fingerprint density at radius 2 is 1.84 bits per heavy atom. The van der Waals surface area contributed by atoms with Crippen molar-refractivity contribution >= 4 is 10.9 Å². The Morgan fingerprint density at radius 3 is 2.61 bits per heavy atom. The van der Waals surface area contributed by atoms with Crippen LogP contribution < -0.4 is 10.3 Å². The number of aromatic amines is 1. The fourth-order valence-corrected chi connectivity index (χ4v) is 5.00. The number of hydrogen-bond donors (Lipinski definition) is 1. The van der Waals surface area contributed by atoms with E-state index < -0.39 is 0 Å². The predicted molar refractivity (Wildman–Crippen MR) is 145 cm³/mol. The van der Waals surface area contributed by atoms with Crippen molar-refractivity contribution < 1.29 is 9.15 Å². The summed E-state index contributed by atoms with van der Waals surface area (Å²) in [6.07, 6.45) is 2.37. The molecule has 0 bridgehead atoms. The van der Waals surface area contributed by atoms with Gasteiger partial charge in [0.15, 0.2) is 5.82 Å². The first kappa shape index (κ1) is 25.4. The van der Waals surface area contributed by atoms with Crippen LogP contribution in [0.25, 0.3) is 10.9 Å². The molecule has 38 heavy (non-hydrogen) atoms. The maximum absolute atomic E-state index is 13.3. The molecule has 0 unspecified atom stereocenters. The summed E-state index contributed by atoms with van der Waals surface area (Å²) in [7, 11) is 1.67. The Morgan fingerprint density at radius 1 is 1.05 bits per heavy atom. The summed E-state index contributed by atoms with van der Waals surface area (Å²) >= 11 is 0. The molecule has 0 saturated carbocycles. The van der Waals surface area contributed by atoms with Gasteiger partial charge in [-0.05, 0) is 66.1 Å². The number of nitrogens with zero attached hydrogens (tertiary/aromatic N) is 5. The number of rotatable bonds is 10. The summed E-state index contributed by atoms with van der Waals surface area (Å²) in [6.45, 7) is 7.54. The highest BCUT2D eigenvalue weighted by atomic mass is 16.5. The van der Waals surface area contributed by atoms with Crippen molar-refractivity contribution in [2.75, 3.05) is 7.11 Å². The van der Waals surface area contributed by atoms with Crippen LogP contribution in [0.2, 0.25) is 0 Å². The molecule has 0 aliphatic heterocycles. The van der Waals surface area contributed by atoms with Crippen molar-refractivity contribution in [1.29, 1.82) is 0 Å². The molecule has 0 radical (unpaired) electrons. The van der Waals surface area contributed by atoms with Crippen LogP contribution in [0.3, 0.4) is 0 Å². The number of benzene rings is 2. The lowest BCUT2D eigenvalue weighted by Crippen LogP contribution is -2.32. The van der Waals surface area contributed by atoms with Gasteiger partial charge in [-0.25, -0.2) is 4.68 Å². The number of tetrazole rings is 1. The van der Waals surface area contributed by atoms with Crippen LogP contribution in [-0.4, -0.2) is 37.2 Å². The zero-order valence-electron chi connectivity index (χ0n) is 22.1. The molecular weight excluding hydrogens is 480 g/mol. The molecule has 5 rings (SSSR count). The first-order valence-electron chi connectivity index (χ1n) is 12.7. The van der Waals surface area contributed by atoms with E-state index in [0.29, 0.717) is 31.0 Å². The van der Waals surface area contributed by atoms with Gasteiger partial charge in [0.25, 0.3) is 5.56 Å². The van der Waals surface area contributed by atoms with Gasteiger partial charge < -0.3 is 14.1 Å². The molecular formula is C29H32N6O3. The van der Waals surface area contributed by atoms with Crippen LogP contribution in [0.4, 0.5) is 0 Å². The van der Waals surface area contributed by atoms with Gasteiger partial charge >= 0.3 is 0 Å². The lowest BCUT2D eigenvalue weighted by molar-refractivity contribution is 0.159. The number of nitrogens with one attached hydrogen (secondary N) is 1. The van der Waals surface area contributed by atoms with Crippen LogP contribution in [0.15, 0.2) is 70.1 Å². The highest BCUT2D eigenvalue weighted by Crippen LogP contribution is 2.30. The molecule has 3 aromatic heterocycles.